The summed E-state index contributed by atoms with van der Waals surface area (Å²) >= 11 is 8.63. The second-order valence-electron chi connectivity index (χ2n) is 6.12. The monoisotopic (exact) mass is 420 g/mol. The number of thiocarbonyl (C=S) groups is 1. The van der Waals surface area contributed by atoms with E-state index >= 15 is 0 Å². The van der Waals surface area contributed by atoms with Crippen molar-refractivity contribution in [3.8, 4) is 5.75 Å². The molecule has 0 bridgehead atoms. The van der Waals surface area contributed by atoms with E-state index in [-0.39, 0.29) is 11.0 Å². The molecule has 132 valence electrons. The number of carbonyl (C=O) groups is 1. The first-order chi connectivity index (χ1) is 11.8. The van der Waals surface area contributed by atoms with Gasteiger partial charge in [-0.1, -0.05) is 31.5 Å². The van der Waals surface area contributed by atoms with Crippen molar-refractivity contribution in [1.29, 1.82) is 0 Å². The lowest BCUT2D eigenvalue weighted by atomic mass is 10.2. The third-order valence-electron chi connectivity index (χ3n) is 3.30. The van der Waals surface area contributed by atoms with Gasteiger partial charge in [-0.3, -0.25) is 10.1 Å². The number of hydrogen-bond acceptors (Lipinski definition) is 3. The summed E-state index contributed by atoms with van der Waals surface area (Å²) in [5.41, 5.74) is 2.48. The molecule has 2 rings (SSSR count). The molecule has 0 unspecified atom stereocenters. The molecule has 25 heavy (non-hydrogen) atoms. The lowest BCUT2D eigenvalue weighted by Crippen LogP contribution is -2.34. The van der Waals surface area contributed by atoms with Crippen molar-refractivity contribution in [1.82, 2.24) is 5.32 Å². The van der Waals surface area contributed by atoms with Crippen LogP contribution in [0.5, 0.6) is 5.75 Å². The highest BCUT2D eigenvalue weighted by molar-refractivity contribution is 9.10. The molecule has 0 saturated heterocycles. The highest BCUT2D eigenvalue weighted by atomic mass is 79.9. The van der Waals surface area contributed by atoms with Crippen LogP contribution in [0, 0.1) is 12.8 Å². The molecule has 0 saturated carbocycles. The van der Waals surface area contributed by atoms with Crippen LogP contribution >= 0.6 is 28.1 Å². The van der Waals surface area contributed by atoms with Gasteiger partial charge in [0.2, 0.25) is 0 Å². The maximum Gasteiger partial charge on any atom is 0.257 e. The van der Waals surface area contributed by atoms with Crippen LogP contribution in [0.1, 0.15) is 29.8 Å². The number of benzene rings is 2. The number of halogens is 1. The van der Waals surface area contributed by atoms with E-state index in [4.69, 9.17) is 17.0 Å². The number of anilines is 1. The average molecular weight is 421 g/mol. The lowest BCUT2D eigenvalue weighted by Gasteiger charge is -2.12. The predicted octanol–water partition coefficient (Wildman–Crippen LogP) is 4.92. The van der Waals surface area contributed by atoms with E-state index in [0.29, 0.717) is 23.8 Å². The van der Waals surface area contributed by atoms with Gasteiger partial charge in [-0.2, -0.15) is 0 Å². The van der Waals surface area contributed by atoms with E-state index in [1.807, 2.05) is 31.2 Å². The zero-order valence-electron chi connectivity index (χ0n) is 14.4. The Morgan fingerprint density at radius 2 is 1.88 bits per heavy atom. The average Bonchev–Trinajstić information content (AvgIpc) is 2.55. The Labute approximate surface area is 162 Å². The summed E-state index contributed by atoms with van der Waals surface area (Å²) in [4.78, 5) is 12.3. The van der Waals surface area contributed by atoms with Gasteiger partial charge in [-0.15, -0.1) is 0 Å². The highest BCUT2D eigenvalue weighted by Gasteiger charge is 2.11. The van der Waals surface area contributed by atoms with Crippen LogP contribution in [0.3, 0.4) is 0 Å². The number of ether oxygens (including phenoxy) is 1. The number of carbonyl (C=O) groups excluding carboxylic acids is 1. The Balaban J connectivity index is 1.96. The largest absolute Gasteiger partial charge is 0.492 e. The van der Waals surface area contributed by atoms with Crippen molar-refractivity contribution in [2.45, 2.75) is 20.8 Å². The maximum absolute atomic E-state index is 12.3. The van der Waals surface area contributed by atoms with E-state index in [2.05, 4.69) is 40.4 Å². The first-order valence-electron chi connectivity index (χ1n) is 7.96. The van der Waals surface area contributed by atoms with Gasteiger partial charge in [-0.05, 0) is 71.3 Å². The van der Waals surface area contributed by atoms with Crippen LogP contribution in [0.15, 0.2) is 46.9 Å². The zero-order chi connectivity index (χ0) is 18.4. The molecule has 4 nitrogen and oxygen atoms in total. The minimum absolute atomic E-state index is 0.255. The second kappa shape index (κ2) is 8.97. The minimum Gasteiger partial charge on any atom is -0.492 e. The maximum atomic E-state index is 12.3. The highest BCUT2D eigenvalue weighted by Crippen LogP contribution is 2.26. The number of amides is 1. The van der Waals surface area contributed by atoms with Crippen molar-refractivity contribution in [3.05, 3.63) is 58.1 Å². The van der Waals surface area contributed by atoms with E-state index < -0.39 is 0 Å². The van der Waals surface area contributed by atoms with Crippen molar-refractivity contribution >= 4 is 44.9 Å². The molecule has 2 aromatic rings. The molecule has 0 aliphatic carbocycles. The summed E-state index contributed by atoms with van der Waals surface area (Å²) < 4.78 is 6.42. The van der Waals surface area contributed by atoms with Crippen molar-refractivity contribution < 1.29 is 9.53 Å². The van der Waals surface area contributed by atoms with Gasteiger partial charge in [0.1, 0.15) is 5.75 Å². The SMILES string of the molecule is Cc1ccc(NC(=S)NC(=O)c2ccc(OCC(C)C)c(Br)c2)cc1. The van der Waals surface area contributed by atoms with Gasteiger partial charge in [0.05, 0.1) is 11.1 Å². The van der Waals surface area contributed by atoms with Gasteiger partial charge >= 0.3 is 0 Å². The van der Waals surface area contributed by atoms with Gasteiger partial charge in [-0.25, -0.2) is 0 Å². The molecule has 0 aromatic heterocycles. The zero-order valence-corrected chi connectivity index (χ0v) is 16.8. The third-order valence-corrected chi connectivity index (χ3v) is 4.13. The van der Waals surface area contributed by atoms with Crippen molar-refractivity contribution in [2.75, 3.05) is 11.9 Å². The van der Waals surface area contributed by atoms with Crippen LogP contribution in [-0.2, 0) is 0 Å². The Kier molecular flexibility index (Phi) is 6.96. The van der Waals surface area contributed by atoms with Crippen LogP contribution in [-0.4, -0.2) is 17.6 Å². The number of hydrogen-bond donors (Lipinski definition) is 2. The van der Waals surface area contributed by atoms with E-state index in [1.54, 1.807) is 18.2 Å². The first-order valence-corrected chi connectivity index (χ1v) is 9.16. The Morgan fingerprint density at radius 1 is 1.20 bits per heavy atom. The summed E-state index contributed by atoms with van der Waals surface area (Å²) in [7, 11) is 0. The van der Waals surface area contributed by atoms with Crippen LogP contribution in [0.25, 0.3) is 0 Å². The normalized spacial score (nSPS) is 10.4. The quantitative estimate of drug-likeness (QED) is 0.673. The fourth-order valence-corrected chi connectivity index (χ4v) is 2.69. The molecule has 0 aliphatic heterocycles. The molecular weight excluding hydrogens is 400 g/mol. The summed E-state index contributed by atoms with van der Waals surface area (Å²) in [6, 6.07) is 13.0. The van der Waals surface area contributed by atoms with Gasteiger partial charge in [0.15, 0.2) is 5.11 Å². The molecule has 2 aromatic carbocycles. The molecular formula is C19H21BrN2O2S. The molecule has 0 fully saturated rings. The first kappa shape index (κ1) is 19.4. The fraction of sp³-hybridized carbons (Fsp3) is 0.263. The Bertz CT molecular complexity index is 761. The van der Waals surface area contributed by atoms with Gasteiger partial charge < -0.3 is 10.1 Å². The smallest absolute Gasteiger partial charge is 0.257 e. The predicted molar refractivity (Wildman–Crippen MR) is 109 cm³/mol. The lowest BCUT2D eigenvalue weighted by molar-refractivity contribution is 0.0977. The van der Waals surface area contributed by atoms with Crippen LogP contribution in [0.4, 0.5) is 5.69 Å². The molecule has 0 aliphatic rings. The van der Waals surface area contributed by atoms with E-state index in [0.717, 1.165) is 15.7 Å². The Morgan fingerprint density at radius 3 is 2.48 bits per heavy atom. The molecule has 0 atom stereocenters. The van der Waals surface area contributed by atoms with Gasteiger partial charge in [0, 0.05) is 11.3 Å². The molecule has 6 heteroatoms. The van der Waals surface area contributed by atoms with Gasteiger partial charge in [0.25, 0.3) is 5.91 Å². The summed E-state index contributed by atoms with van der Waals surface area (Å²) in [6.07, 6.45) is 0. The molecule has 0 heterocycles. The molecule has 2 N–H and O–H groups in total. The Hall–Kier alpha value is -1.92. The van der Waals surface area contributed by atoms with Crippen molar-refractivity contribution in [3.63, 3.8) is 0 Å². The molecule has 1 amide bonds. The summed E-state index contributed by atoms with van der Waals surface area (Å²) in [5, 5.41) is 5.92. The third kappa shape index (κ3) is 6.14. The van der Waals surface area contributed by atoms with E-state index in [9.17, 15) is 4.79 Å². The van der Waals surface area contributed by atoms with Crippen LogP contribution < -0.4 is 15.4 Å². The summed E-state index contributed by atoms with van der Waals surface area (Å²) in [6.45, 7) is 6.79. The fourth-order valence-electron chi connectivity index (χ4n) is 1.99. The standard InChI is InChI=1S/C19H21BrN2O2S/c1-12(2)11-24-17-9-6-14(10-16(17)20)18(23)22-19(25)21-15-7-4-13(3)5-8-15/h4-10,12H,11H2,1-3H3,(H2,21,22,23,25). The molecule has 0 radical (unpaired) electrons. The number of nitrogens with one attached hydrogen (secondary N) is 2. The topological polar surface area (TPSA) is 50.4 Å². The van der Waals surface area contributed by atoms with E-state index in [1.165, 1.54) is 0 Å². The number of aryl methyl sites for hydroxylation is 1. The summed E-state index contributed by atoms with van der Waals surface area (Å²) in [5.74, 6) is 0.867. The molecule has 0 spiro atoms. The van der Waals surface area contributed by atoms with Crippen LogP contribution in [0.2, 0.25) is 0 Å². The second-order valence-corrected chi connectivity index (χ2v) is 7.39. The minimum atomic E-state index is -0.277. The van der Waals surface area contributed by atoms with Crippen molar-refractivity contribution in [2.24, 2.45) is 5.92 Å². The number of rotatable bonds is 5.